The van der Waals surface area contributed by atoms with Crippen LogP contribution in [0, 0.1) is 0 Å². The van der Waals surface area contributed by atoms with Gasteiger partial charge in [0.1, 0.15) is 0 Å². The molecule has 0 radical (unpaired) electrons. The van der Waals surface area contributed by atoms with Crippen LogP contribution in [-0.4, -0.2) is 18.4 Å². The van der Waals surface area contributed by atoms with Crippen molar-refractivity contribution in [2.24, 2.45) is 0 Å². The fourth-order valence-electron chi connectivity index (χ4n) is 2.41. The van der Waals surface area contributed by atoms with Crippen LogP contribution in [0.2, 0.25) is 0 Å². The van der Waals surface area contributed by atoms with Gasteiger partial charge in [-0.15, -0.1) is 11.3 Å². The summed E-state index contributed by atoms with van der Waals surface area (Å²) in [4.78, 5) is 23.9. The number of amides is 2. The minimum absolute atomic E-state index is 0.0183. The average Bonchev–Trinajstić information content (AvgIpc) is 3.01. The van der Waals surface area contributed by atoms with Crippen LogP contribution in [-0.2, 0) is 17.6 Å². The summed E-state index contributed by atoms with van der Waals surface area (Å²) < 4.78 is 0. The normalized spacial score (nSPS) is 13.4. The Labute approximate surface area is 127 Å². The van der Waals surface area contributed by atoms with Crippen molar-refractivity contribution in [2.75, 3.05) is 11.9 Å². The molecule has 5 heteroatoms. The molecule has 3 rings (SSSR count). The summed E-state index contributed by atoms with van der Waals surface area (Å²) in [5, 5.41) is 7.69. The van der Waals surface area contributed by atoms with Gasteiger partial charge in [-0.05, 0) is 41.5 Å². The van der Waals surface area contributed by atoms with Gasteiger partial charge >= 0.3 is 0 Å². The molecule has 0 aliphatic carbocycles. The molecular weight excluding hydrogens is 284 g/mol. The maximum absolute atomic E-state index is 11.8. The molecular formula is C16H16N2O2S. The van der Waals surface area contributed by atoms with E-state index in [0.717, 1.165) is 23.4 Å². The van der Waals surface area contributed by atoms with Crippen molar-refractivity contribution in [1.29, 1.82) is 0 Å². The number of benzene rings is 1. The SMILES string of the molecule is O=C1CCc2cc(CCNC(=O)c3cccs3)ccc2N1. The van der Waals surface area contributed by atoms with Gasteiger partial charge in [-0.3, -0.25) is 9.59 Å². The Morgan fingerprint density at radius 2 is 2.19 bits per heavy atom. The first kappa shape index (κ1) is 13.8. The molecule has 0 saturated carbocycles. The lowest BCUT2D eigenvalue weighted by molar-refractivity contribution is -0.116. The Balaban J connectivity index is 1.56. The number of nitrogens with one attached hydrogen (secondary N) is 2. The van der Waals surface area contributed by atoms with E-state index in [1.807, 2.05) is 29.6 Å². The number of thiophene rings is 1. The standard InChI is InChI=1S/C16H16N2O2S/c19-15-6-4-12-10-11(3-5-13(12)18-15)7-8-17-16(20)14-2-1-9-21-14/h1-3,5,9-10H,4,6-8H2,(H,17,20)(H,18,19). The molecule has 0 saturated heterocycles. The van der Waals surface area contributed by atoms with E-state index in [9.17, 15) is 9.59 Å². The van der Waals surface area contributed by atoms with Crippen LogP contribution >= 0.6 is 11.3 Å². The van der Waals surface area contributed by atoms with Crippen LogP contribution in [0.5, 0.6) is 0 Å². The minimum atomic E-state index is -0.0183. The highest BCUT2D eigenvalue weighted by molar-refractivity contribution is 7.12. The van der Waals surface area contributed by atoms with E-state index >= 15 is 0 Å². The van der Waals surface area contributed by atoms with E-state index in [-0.39, 0.29) is 11.8 Å². The highest BCUT2D eigenvalue weighted by atomic mass is 32.1. The van der Waals surface area contributed by atoms with Gasteiger partial charge in [0.05, 0.1) is 4.88 Å². The number of aryl methyl sites for hydroxylation is 1. The first-order valence-corrected chi connectivity index (χ1v) is 7.84. The lowest BCUT2D eigenvalue weighted by Crippen LogP contribution is -2.25. The van der Waals surface area contributed by atoms with Gasteiger partial charge in [0.15, 0.2) is 0 Å². The third kappa shape index (κ3) is 3.31. The van der Waals surface area contributed by atoms with Gasteiger partial charge in [0.2, 0.25) is 5.91 Å². The van der Waals surface area contributed by atoms with E-state index in [2.05, 4.69) is 16.7 Å². The molecule has 1 aliphatic rings. The van der Waals surface area contributed by atoms with Gasteiger partial charge in [-0.1, -0.05) is 18.2 Å². The fraction of sp³-hybridized carbons (Fsp3) is 0.250. The molecule has 2 N–H and O–H groups in total. The summed E-state index contributed by atoms with van der Waals surface area (Å²) in [6.45, 7) is 0.613. The fourth-order valence-corrected chi connectivity index (χ4v) is 3.05. The first-order valence-electron chi connectivity index (χ1n) is 6.96. The lowest BCUT2D eigenvalue weighted by atomic mass is 9.99. The average molecular weight is 300 g/mol. The third-order valence-corrected chi connectivity index (χ3v) is 4.38. The summed E-state index contributed by atoms with van der Waals surface area (Å²) >= 11 is 1.44. The molecule has 2 heterocycles. The number of fused-ring (bicyclic) bond motifs is 1. The van der Waals surface area contributed by atoms with Crippen LogP contribution in [0.4, 0.5) is 5.69 Å². The Kier molecular flexibility index (Phi) is 4.01. The van der Waals surface area contributed by atoms with Gasteiger partial charge in [-0.2, -0.15) is 0 Å². The first-order chi connectivity index (χ1) is 10.2. The van der Waals surface area contributed by atoms with Crippen LogP contribution in [0.25, 0.3) is 0 Å². The zero-order valence-corrected chi connectivity index (χ0v) is 12.3. The second-order valence-electron chi connectivity index (χ2n) is 5.02. The van der Waals surface area contributed by atoms with E-state index in [1.165, 1.54) is 22.5 Å². The summed E-state index contributed by atoms with van der Waals surface area (Å²) in [6.07, 6.45) is 2.13. The lowest BCUT2D eigenvalue weighted by Gasteiger charge is -2.17. The Hall–Kier alpha value is -2.14. The molecule has 1 aromatic heterocycles. The van der Waals surface area contributed by atoms with E-state index in [0.29, 0.717) is 13.0 Å². The quantitative estimate of drug-likeness (QED) is 0.912. The molecule has 0 spiro atoms. The molecule has 0 bridgehead atoms. The van der Waals surface area contributed by atoms with Crippen LogP contribution in [0.1, 0.15) is 27.2 Å². The summed E-state index contributed by atoms with van der Waals surface area (Å²) in [6, 6.07) is 9.76. The summed E-state index contributed by atoms with van der Waals surface area (Å²) in [5.41, 5.74) is 3.27. The Bertz CT molecular complexity index is 665. The molecule has 0 unspecified atom stereocenters. The monoisotopic (exact) mass is 300 g/mol. The van der Waals surface area contributed by atoms with E-state index < -0.39 is 0 Å². The number of hydrogen-bond donors (Lipinski definition) is 2. The van der Waals surface area contributed by atoms with Crippen LogP contribution < -0.4 is 10.6 Å². The molecule has 1 aromatic carbocycles. The molecule has 2 aromatic rings. The van der Waals surface area contributed by atoms with Crippen molar-refractivity contribution in [3.8, 4) is 0 Å². The van der Waals surface area contributed by atoms with E-state index in [1.54, 1.807) is 0 Å². The van der Waals surface area contributed by atoms with Gasteiger partial charge in [-0.25, -0.2) is 0 Å². The van der Waals surface area contributed by atoms with Crippen molar-refractivity contribution >= 4 is 28.8 Å². The van der Waals surface area contributed by atoms with Crippen molar-refractivity contribution < 1.29 is 9.59 Å². The molecule has 0 fully saturated rings. The highest BCUT2D eigenvalue weighted by Crippen LogP contribution is 2.23. The highest BCUT2D eigenvalue weighted by Gasteiger charge is 2.14. The number of carbonyl (C=O) groups is 2. The van der Waals surface area contributed by atoms with Crippen LogP contribution in [0.3, 0.4) is 0 Å². The second-order valence-corrected chi connectivity index (χ2v) is 5.97. The minimum Gasteiger partial charge on any atom is -0.351 e. The molecule has 0 atom stereocenters. The van der Waals surface area contributed by atoms with Crippen molar-refractivity contribution in [3.63, 3.8) is 0 Å². The predicted octanol–water partition coefficient (Wildman–Crippen LogP) is 2.61. The van der Waals surface area contributed by atoms with Crippen molar-refractivity contribution in [1.82, 2.24) is 5.32 Å². The Morgan fingerprint density at radius 3 is 3.00 bits per heavy atom. The number of rotatable bonds is 4. The van der Waals surface area contributed by atoms with Gasteiger partial charge < -0.3 is 10.6 Å². The van der Waals surface area contributed by atoms with Gasteiger partial charge in [0, 0.05) is 18.7 Å². The number of anilines is 1. The zero-order chi connectivity index (χ0) is 14.7. The number of hydrogen-bond acceptors (Lipinski definition) is 3. The molecule has 108 valence electrons. The molecule has 21 heavy (non-hydrogen) atoms. The van der Waals surface area contributed by atoms with E-state index in [4.69, 9.17) is 0 Å². The second kappa shape index (κ2) is 6.10. The summed E-state index contributed by atoms with van der Waals surface area (Å²) in [7, 11) is 0. The van der Waals surface area contributed by atoms with Crippen LogP contribution in [0.15, 0.2) is 35.7 Å². The third-order valence-electron chi connectivity index (χ3n) is 3.51. The number of carbonyl (C=O) groups excluding carboxylic acids is 2. The molecule has 1 aliphatic heterocycles. The Morgan fingerprint density at radius 1 is 1.29 bits per heavy atom. The zero-order valence-electron chi connectivity index (χ0n) is 11.5. The molecule has 2 amide bonds. The smallest absolute Gasteiger partial charge is 0.261 e. The van der Waals surface area contributed by atoms with Gasteiger partial charge in [0.25, 0.3) is 5.91 Å². The topological polar surface area (TPSA) is 58.2 Å². The molecule has 4 nitrogen and oxygen atoms in total. The summed E-state index contributed by atoms with van der Waals surface area (Å²) in [5.74, 6) is 0.0636. The van der Waals surface area contributed by atoms with Crippen molar-refractivity contribution in [2.45, 2.75) is 19.3 Å². The maximum atomic E-state index is 11.8. The maximum Gasteiger partial charge on any atom is 0.261 e. The van der Waals surface area contributed by atoms with Crippen molar-refractivity contribution in [3.05, 3.63) is 51.7 Å². The largest absolute Gasteiger partial charge is 0.351 e. The predicted molar refractivity (Wildman–Crippen MR) is 83.7 cm³/mol.